The number of carbonyl (C=O) groups is 1. The fourth-order valence-electron chi connectivity index (χ4n) is 2.91. The Balaban J connectivity index is 1.71. The van der Waals surface area contributed by atoms with Crippen molar-refractivity contribution in [1.82, 2.24) is 14.9 Å². The van der Waals surface area contributed by atoms with E-state index in [2.05, 4.69) is 45.1 Å². The summed E-state index contributed by atoms with van der Waals surface area (Å²) in [6.45, 7) is 8.06. The molecule has 126 valence electrons. The Morgan fingerprint density at radius 2 is 1.88 bits per heavy atom. The molecule has 0 atom stereocenters. The van der Waals surface area contributed by atoms with Crippen LogP contribution in [0, 0.1) is 13.8 Å². The van der Waals surface area contributed by atoms with Crippen LogP contribution in [0.4, 0.5) is 11.4 Å². The molecule has 0 spiro atoms. The van der Waals surface area contributed by atoms with Crippen LogP contribution in [0.15, 0.2) is 30.5 Å². The van der Waals surface area contributed by atoms with E-state index in [1.807, 2.05) is 12.1 Å². The maximum absolute atomic E-state index is 12.3. The number of hydrogen-bond donors (Lipinski definition) is 1. The molecule has 2 aromatic rings. The minimum Gasteiger partial charge on any atom is -0.369 e. The van der Waals surface area contributed by atoms with Crippen molar-refractivity contribution in [3.05, 3.63) is 47.5 Å². The van der Waals surface area contributed by atoms with Crippen LogP contribution in [0.1, 0.15) is 21.9 Å². The highest BCUT2D eigenvalue weighted by molar-refractivity contribution is 6.02. The molecule has 6 heteroatoms. The summed E-state index contributed by atoms with van der Waals surface area (Å²) in [6.07, 6.45) is 1.60. The van der Waals surface area contributed by atoms with Crippen LogP contribution in [0.5, 0.6) is 0 Å². The Bertz CT molecular complexity index is 738. The number of aromatic nitrogens is 2. The summed E-state index contributed by atoms with van der Waals surface area (Å²) in [7, 11) is 2.15. The summed E-state index contributed by atoms with van der Waals surface area (Å²) in [5, 5.41) is 2.91. The van der Waals surface area contributed by atoms with Crippen LogP contribution in [0.3, 0.4) is 0 Å². The van der Waals surface area contributed by atoms with Crippen molar-refractivity contribution in [2.24, 2.45) is 0 Å². The highest BCUT2D eigenvalue weighted by Crippen LogP contribution is 2.24. The molecule has 1 fully saturated rings. The average Bonchev–Trinajstić information content (AvgIpc) is 2.56. The van der Waals surface area contributed by atoms with Crippen LogP contribution >= 0.6 is 0 Å². The van der Waals surface area contributed by atoms with Gasteiger partial charge in [0.25, 0.3) is 5.91 Å². The lowest BCUT2D eigenvalue weighted by atomic mass is 10.1. The van der Waals surface area contributed by atoms with Gasteiger partial charge >= 0.3 is 0 Å². The van der Waals surface area contributed by atoms with Crippen molar-refractivity contribution >= 4 is 17.3 Å². The van der Waals surface area contributed by atoms with E-state index < -0.39 is 0 Å². The second-order valence-corrected chi connectivity index (χ2v) is 6.23. The maximum Gasteiger partial charge on any atom is 0.274 e. The van der Waals surface area contributed by atoms with Gasteiger partial charge in [-0.15, -0.1) is 0 Å². The van der Waals surface area contributed by atoms with E-state index in [1.165, 1.54) is 5.69 Å². The fraction of sp³-hybridized carbons (Fsp3) is 0.389. The van der Waals surface area contributed by atoms with E-state index >= 15 is 0 Å². The Morgan fingerprint density at radius 1 is 1.12 bits per heavy atom. The molecule has 24 heavy (non-hydrogen) atoms. The normalized spacial score (nSPS) is 15.4. The van der Waals surface area contributed by atoms with Crippen molar-refractivity contribution in [1.29, 1.82) is 0 Å². The number of nitrogens with one attached hydrogen (secondary N) is 1. The molecule has 1 saturated heterocycles. The number of piperazine rings is 1. The van der Waals surface area contributed by atoms with Gasteiger partial charge in [-0.05, 0) is 50.7 Å². The summed E-state index contributed by atoms with van der Waals surface area (Å²) in [4.78, 5) is 25.2. The molecule has 1 aliphatic heterocycles. The molecule has 0 radical (unpaired) electrons. The number of aryl methyl sites for hydroxylation is 2. The van der Waals surface area contributed by atoms with Gasteiger partial charge < -0.3 is 15.1 Å². The van der Waals surface area contributed by atoms with E-state index in [9.17, 15) is 4.79 Å². The number of nitrogens with zero attached hydrogens (tertiary/aromatic N) is 4. The molecule has 1 aromatic heterocycles. The second-order valence-electron chi connectivity index (χ2n) is 6.23. The lowest BCUT2D eigenvalue weighted by Crippen LogP contribution is -2.44. The SMILES string of the molecule is Cc1nccc(C(=O)Nc2ccc(N3CCN(C)CC3)c(C)c2)n1. The third kappa shape index (κ3) is 3.71. The zero-order chi connectivity index (χ0) is 17.1. The monoisotopic (exact) mass is 325 g/mol. The van der Waals surface area contributed by atoms with Crippen molar-refractivity contribution in [2.45, 2.75) is 13.8 Å². The number of likely N-dealkylation sites (N-methyl/N-ethyl adjacent to an activating group) is 1. The minimum absolute atomic E-state index is 0.216. The minimum atomic E-state index is -0.216. The average molecular weight is 325 g/mol. The Kier molecular flexibility index (Phi) is 4.76. The molecule has 1 aliphatic rings. The first-order chi connectivity index (χ1) is 11.5. The van der Waals surface area contributed by atoms with Crippen LogP contribution in [0.2, 0.25) is 0 Å². The topological polar surface area (TPSA) is 61.4 Å². The number of anilines is 2. The Morgan fingerprint density at radius 3 is 2.54 bits per heavy atom. The van der Waals surface area contributed by atoms with Crippen molar-refractivity contribution < 1.29 is 4.79 Å². The number of amides is 1. The highest BCUT2D eigenvalue weighted by Gasteiger charge is 2.16. The van der Waals surface area contributed by atoms with Gasteiger partial charge in [0.15, 0.2) is 0 Å². The molecular weight excluding hydrogens is 302 g/mol. The second kappa shape index (κ2) is 6.97. The van der Waals surface area contributed by atoms with Crippen molar-refractivity contribution in [3.8, 4) is 0 Å². The van der Waals surface area contributed by atoms with Crippen LogP contribution < -0.4 is 10.2 Å². The van der Waals surface area contributed by atoms with Crippen molar-refractivity contribution in [3.63, 3.8) is 0 Å². The largest absolute Gasteiger partial charge is 0.369 e. The molecule has 0 saturated carbocycles. The predicted octanol–water partition coefficient (Wildman–Crippen LogP) is 2.10. The third-order valence-electron chi connectivity index (χ3n) is 4.31. The van der Waals surface area contributed by atoms with Crippen LogP contribution in [-0.4, -0.2) is 54.0 Å². The van der Waals surface area contributed by atoms with Gasteiger partial charge in [0.2, 0.25) is 0 Å². The van der Waals surface area contributed by atoms with E-state index in [-0.39, 0.29) is 5.91 Å². The number of rotatable bonds is 3. The van der Waals surface area contributed by atoms with Gasteiger partial charge in [-0.2, -0.15) is 0 Å². The molecule has 2 heterocycles. The predicted molar refractivity (Wildman–Crippen MR) is 95.6 cm³/mol. The summed E-state index contributed by atoms with van der Waals surface area (Å²) >= 11 is 0. The summed E-state index contributed by atoms with van der Waals surface area (Å²) in [5.74, 6) is 0.372. The Labute approximate surface area is 142 Å². The van der Waals surface area contributed by atoms with Crippen LogP contribution in [-0.2, 0) is 0 Å². The van der Waals surface area contributed by atoms with E-state index in [0.29, 0.717) is 11.5 Å². The maximum atomic E-state index is 12.3. The molecule has 6 nitrogen and oxygen atoms in total. The first kappa shape index (κ1) is 16.4. The summed E-state index contributed by atoms with van der Waals surface area (Å²) in [5.41, 5.74) is 3.56. The van der Waals surface area contributed by atoms with E-state index in [4.69, 9.17) is 0 Å². The van der Waals surface area contributed by atoms with Gasteiger partial charge in [-0.1, -0.05) is 0 Å². The standard InChI is InChI=1S/C18H23N5O/c1-13-12-15(21-18(24)16-6-7-19-14(2)20-16)4-5-17(13)23-10-8-22(3)9-11-23/h4-7,12H,8-11H2,1-3H3,(H,21,24). The quantitative estimate of drug-likeness (QED) is 0.936. The molecule has 1 N–H and O–H groups in total. The van der Waals surface area contributed by atoms with E-state index in [1.54, 1.807) is 19.2 Å². The number of hydrogen-bond acceptors (Lipinski definition) is 5. The number of benzene rings is 1. The molecule has 1 aromatic carbocycles. The first-order valence-electron chi connectivity index (χ1n) is 8.18. The van der Waals surface area contributed by atoms with Crippen molar-refractivity contribution in [2.75, 3.05) is 43.4 Å². The van der Waals surface area contributed by atoms with Gasteiger partial charge in [0, 0.05) is 43.8 Å². The molecule has 3 rings (SSSR count). The van der Waals surface area contributed by atoms with Crippen LogP contribution in [0.25, 0.3) is 0 Å². The first-order valence-corrected chi connectivity index (χ1v) is 8.18. The lowest BCUT2D eigenvalue weighted by Gasteiger charge is -2.35. The summed E-state index contributed by atoms with van der Waals surface area (Å²) < 4.78 is 0. The molecule has 0 aliphatic carbocycles. The smallest absolute Gasteiger partial charge is 0.274 e. The highest BCUT2D eigenvalue weighted by atomic mass is 16.1. The van der Waals surface area contributed by atoms with E-state index in [0.717, 1.165) is 37.4 Å². The zero-order valence-corrected chi connectivity index (χ0v) is 14.4. The molecule has 0 bridgehead atoms. The molecule has 1 amide bonds. The van der Waals surface area contributed by atoms with Gasteiger partial charge in [0.1, 0.15) is 11.5 Å². The van der Waals surface area contributed by atoms with Gasteiger partial charge in [0.05, 0.1) is 0 Å². The third-order valence-corrected chi connectivity index (χ3v) is 4.31. The zero-order valence-electron chi connectivity index (χ0n) is 14.4. The Hall–Kier alpha value is -2.47. The molecular formula is C18H23N5O. The van der Waals surface area contributed by atoms with Gasteiger partial charge in [-0.25, -0.2) is 9.97 Å². The van der Waals surface area contributed by atoms with Gasteiger partial charge in [-0.3, -0.25) is 4.79 Å². The molecule has 0 unspecified atom stereocenters. The summed E-state index contributed by atoms with van der Waals surface area (Å²) in [6, 6.07) is 7.67. The fourth-order valence-corrected chi connectivity index (χ4v) is 2.91. The number of carbonyl (C=O) groups excluding carboxylic acids is 1. The lowest BCUT2D eigenvalue weighted by molar-refractivity contribution is 0.102.